The van der Waals surface area contributed by atoms with Crippen molar-refractivity contribution in [3.63, 3.8) is 0 Å². The Morgan fingerprint density at radius 2 is 2.00 bits per heavy atom. The molecule has 0 aliphatic carbocycles. The van der Waals surface area contributed by atoms with Crippen LogP contribution in [-0.4, -0.2) is 45.8 Å². The zero-order chi connectivity index (χ0) is 16.1. The summed E-state index contributed by atoms with van der Waals surface area (Å²) in [6, 6.07) is 7.98. The number of aromatic nitrogens is 2. The first-order chi connectivity index (χ1) is 11.2. The molecule has 23 heavy (non-hydrogen) atoms. The van der Waals surface area contributed by atoms with Crippen LogP contribution in [0.25, 0.3) is 0 Å². The number of nitrogens with zero attached hydrogens (tertiary/aromatic N) is 3. The van der Waals surface area contributed by atoms with Gasteiger partial charge >= 0.3 is 0 Å². The molecule has 1 saturated heterocycles. The maximum absolute atomic E-state index is 10.3. The lowest BCUT2D eigenvalue weighted by Gasteiger charge is -2.15. The number of pyridine rings is 2. The molecule has 0 radical (unpaired) electrons. The summed E-state index contributed by atoms with van der Waals surface area (Å²) in [5, 5.41) is 10.3. The van der Waals surface area contributed by atoms with Crippen molar-refractivity contribution in [1.29, 1.82) is 0 Å². The van der Waals surface area contributed by atoms with Crippen molar-refractivity contribution in [3.05, 3.63) is 54.0 Å². The van der Waals surface area contributed by atoms with E-state index in [9.17, 15) is 5.11 Å². The quantitative estimate of drug-likeness (QED) is 0.883. The summed E-state index contributed by atoms with van der Waals surface area (Å²) in [6.07, 6.45) is 6.08. The first-order valence-corrected chi connectivity index (χ1v) is 8.11. The fourth-order valence-corrected chi connectivity index (χ4v) is 3.09. The fourth-order valence-electron chi connectivity index (χ4n) is 3.09. The first-order valence-electron chi connectivity index (χ1n) is 8.11. The molecule has 5 heteroatoms. The molecule has 1 aliphatic heterocycles. The van der Waals surface area contributed by atoms with Gasteiger partial charge in [0, 0.05) is 50.2 Å². The Balaban J connectivity index is 1.55. The minimum absolute atomic E-state index is 0.271. The van der Waals surface area contributed by atoms with Gasteiger partial charge in [-0.3, -0.25) is 9.88 Å². The third-order valence-electron chi connectivity index (χ3n) is 4.23. The summed E-state index contributed by atoms with van der Waals surface area (Å²) >= 11 is 0. The van der Waals surface area contributed by atoms with Gasteiger partial charge in [0.15, 0.2) is 0 Å². The van der Waals surface area contributed by atoms with Crippen LogP contribution in [-0.2, 0) is 13.0 Å². The Kier molecular flexibility index (Phi) is 5.20. The van der Waals surface area contributed by atoms with Crippen molar-refractivity contribution < 1.29 is 9.84 Å². The summed E-state index contributed by atoms with van der Waals surface area (Å²) in [5.41, 5.74) is 2.37. The average molecular weight is 313 g/mol. The van der Waals surface area contributed by atoms with Crippen molar-refractivity contribution in [2.45, 2.75) is 26.0 Å². The van der Waals surface area contributed by atoms with E-state index in [0.29, 0.717) is 19.0 Å². The molecule has 2 aromatic heterocycles. The minimum Gasteiger partial charge on any atom is -0.478 e. The Bertz CT molecular complexity index is 603. The highest BCUT2D eigenvalue weighted by Gasteiger charge is 2.31. The Hall–Kier alpha value is -1.98. The molecular weight excluding hydrogens is 290 g/mol. The van der Waals surface area contributed by atoms with E-state index >= 15 is 0 Å². The van der Waals surface area contributed by atoms with Crippen molar-refractivity contribution in [3.8, 4) is 5.88 Å². The molecule has 3 rings (SSSR count). The van der Waals surface area contributed by atoms with E-state index in [1.54, 1.807) is 12.4 Å². The molecule has 2 atom stereocenters. The van der Waals surface area contributed by atoms with E-state index in [0.717, 1.165) is 25.1 Å². The number of rotatable bonds is 6. The molecule has 0 saturated carbocycles. The van der Waals surface area contributed by atoms with E-state index in [1.807, 2.05) is 37.4 Å². The van der Waals surface area contributed by atoms with Crippen molar-refractivity contribution in [2.75, 3.05) is 19.7 Å². The number of likely N-dealkylation sites (tertiary alicyclic amines) is 1. The van der Waals surface area contributed by atoms with E-state index in [1.165, 1.54) is 5.56 Å². The van der Waals surface area contributed by atoms with E-state index < -0.39 is 0 Å². The normalized spacial score (nSPS) is 21.5. The zero-order valence-corrected chi connectivity index (χ0v) is 13.4. The van der Waals surface area contributed by atoms with Crippen LogP contribution in [0.15, 0.2) is 42.9 Å². The summed E-state index contributed by atoms with van der Waals surface area (Å²) in [6.45, 7) is 4.99. The number of hydrogen-bond acceptors (Lipinski definition) is 5. The number of hydrogen-bond donors (Lipinski definition) is 1. The molecule has 0 aromatic carbocycles. The van der Waals surface area contributed by atoms with Crippen molar-refractivity contribution in [1.82, 2.24) is 14.9 Å². The van der Waals surface area contributed by atoms with Gasteiger partial charge in [0.1, 0.15) is 0 Å². The molecular formula is C18H23N3O2. The standard InChI is InChI=1S/C18H23N3O2/c1-2-23-18-4-3-15(10-20-18)11-21-12-16(17(22)13-21)9-14-5-7-19-8-6-14/h3-8,10,16-17,22H,2,9,11-13H2,1H3/t16-,17-/m1/s1. The van der Waals surface area contributed by atoms with Crippen LogP contribution in [0.4, 0.5) is 0 Å². The van der Waals surface area contributed by atoms with Gasteiger partial charge in [-0.15, -0.1) is 0 Å². The van der Waals surface area contributed by atoms with Crippen LogP contribution in [0, 0.1) is 5.92 Å². The summed E-state index contributed by atoms with van der Waals surface area (Å²) < 4.78 is 5.36. The zero-order valence-electron chi connectivity index (χ0n) is 13.4. The largest absolute Gasteiger partial charge is 0.478 e. The predicted octanol–water partition coefficient (Wildman–Crippen LogP) is 1.91. The van der Waals surface area contributed by atoms with Gasteiger partial charge < -0.3 is 9.84 Å². The monoisotopic (exact) mass is 313 g/mol. The van der Waals surface area contributed by atoms with Gasteiger partial charge in [0.25, 0.3) is 0 Å². The maximum atomic E-state index is 10.3. The van der Waals surface area contributed by atoms with Crippen LogP contribution >= 0.6 is 0 Å². The highest BCUT2D eigenvalue weighted by atomic mass is 16.5. The molecule has 2 aromatic rings. The van der Waals surface area contributed by atoms with Crippen molar-refractivity contribution >= 4 is 0 Å². The lowest BCUT2D eigenvalue weighted by molar-refractivity contribution is 0.141. The molecule has 0 unspecified atom stereocenters. The SMILES string of the molecule is CCOc1ccc(CN2C[C@@H](Cc3ccncc3)[C@H](O)C2)cn1. The number of aliphatic hydroxyl groups is 1. The van der Waals surface area contributed by atoms with E-state index in [2.05, 4.69) is 14.9 Å². The van der Waals surface area contributed by atoms with Gasteiger partial charge in [-0.05, 0) is 36.6 Å². The maximum Gasteiger partial charge on any atom is 0.213 e. The second-order valence-electron chi connectivity index (χ2n) is 6.02. The number of ether oxygens (including phenoxy) is 1. The predicted molar refractivity (Wildman–Crippen MR) is 88.1 cm³/mol. The van der Waals surface area contributed by atoms with Gasteiger partial charge in [0.2, 0.25) is 5.88 Å². The Morgan fingerprint density at radius 3 is 2.70 bits per heavy atom. The van der Waals surface area contributed by atoms with Gasteiger partial charge in [-0.2, -0.15) is 0 Å². The molecule has 1 aliphatic rings. The number of β-amino-alcohol motifs (C(OH)–C–C–N with tert-alkyl or cyclic N) is 1. The molecule has 1 fully saturated rings. The van der Waals surface area contributed by atoms with Crippen LogP contribution in [0.5, 0.6) is 5.88 Å². The van der Waals surface area contributed by atoms with Crippen molar-refractivity contribution in [2.24, 2.45) is 5.92 Å². The second kappa shape index (κ2) is 7.53. The summed E-state index contributed by atoms with van der Waals surface area (Å²) in [4.78, 5) is 10.6. The first kappa shape index (κ1) is 15.9. The lowest BCUT2D eigenvalue weighted by Crippen LogP contribution is -2.21. The molecule has 0 spiro atoms. The lowest BCUT2D eigenvalue weighted by atomic mass is 9.97. The molecule has 0 amide bonds. The highest BCUT2D eigenvalue weighted by Crippen LogP contribution is 2.23. The minimum atomic E-state index is -0.279. The van der Waals surface area contributed by atoms with Crippen LogP contribution in [0.3, 0.4) is 0 Å². The van der Waals surface area contributed by atoms with E-state index in [4.69, 9.17) is 4.74 Å². The highest BCUT2D eigenvalue weighted by molar-refractivity contribution is 5.18. The Morgan fingerprint density at radius 1 is 1.17 bits per heavy atom. The second-order valence-corrected chi connectivity index (χ2v) is 6.02. The summed E-state index contributed by atoms with van der Waals surface area (Å²) in [7, 11) is 0. The molecule has 122 valence electrons. The van der Waals surface area contributed by atoms with Gasteiger partial charge in [0.05, 0.1) is 12.7 Å². The van der Waals surface area contributed by atoms with Gasteiger partial charge in [-0.1, -0.05) is 6.07 Å². The molecule has 1 N–H and O–H groups in total. The van der Waals surface area contributed by atoms with Crippen LogP contribution < -0.4 is 4.74 Å². The molecule has 5 nitrogen and oxygen atoms in total. The van der Waals surface area contributed by atoms with Crippen LogP contribution in [0.1, 0.15) is 18.1 Å². The number of aliphatic hydroxyl groups excluding tert-OH is 1. The third-order valence-corrected chi connectivity index (χ3v) is 4.23. The topological polar surface area (TPSA) is 58.5 Å². The third kappa shape index (κ3) is 4.27. The average Bonchev–Trinajstić information content (AvgIpc) is 2.90. The smallest absolute Gasteiger partial charge is 0.213 e. The van der Waals surface area contributed by atoms with E-state index in [-0.39, 0.29) is 12.0 Å². The Labute approximate surface area is 137 Å². The van der Waals surface area contributed by atoms with Crippen LogP contribution in [0.2, 0.25) is 0 Å². The molecule has 3 heterocycles. The summed E-state index contributed by atoms with van der Waals surface area (Å²) in [5.74, 6) is 0.932. The van der Waals surface area contributed by atoms with Gasteiger partial charge in [-0.25, -0.2) is 4.98 Å². The fraction of sp³-hybridized carbons (Fsp3) is 0.444. The molecule has 0 bridgehead atoms.